The van der Waals surface area contributed by atoms with E-state index in [2.05, 4.69) is 21.8 Å². The molecule has 41 heavy (non-hydrogen) atoms. The van der Waals surface area contributed by atoms with Gasteiger partial charge in [-0.05, 0) is 92.3 Å². The monoisotopic (exact) mass is 600 g/mol. The molecule has 0 unspecified atom stereocenters. The van der Waals surface area contributed by atoms with Gasteiger partial charge in [0.2, 0.25) is 0 Å². The van der Waals surface area contributed by atoms with Gasteiger partial charge in [0, 0.05) is 30.6 Å². The standard InChI is InChI=1S/C31H37ClN2O6S/c1-20-30(35)33-41(36,37)24-9-12-29-27(16-24)34(17-22-7-10-25(22)28(38-2)6-4-14-39-20)18-31(19-40-29)13-3-5-21-15-23(32)8-11-26(21)31/h4,6,8-9,11-12,15-16,20,22,25,28H,3,5,7,10,13-14,17-19H2,1-2H3,(H,33,35)/t20-,22-,25+,28+,31-/m0/s1. The number of nitrogens with one attached hydrogen (secondary N) is 1. The molecule has 1 saturated carbocycles. The van der Waals surface area contributed by atoms with Crippen molar-refractivity contribution < 1.29 is 27.4 Å². The van der Waals surface area contributed by atoms with E-state index < -0.39 is 22.0 Å². The van der Waals surface area contributed by atoms with Gasteiger partial charge in [0.15, 0.2) is 0 Å². The molecule has 0 saturated heterocycles. The van der Waals surface area contributed by atoms with Gasteiger partial charge < -0.3 is 19.1 Å². The maximum atomic E-state index is 13.3. The summed E-state index contributed by atoms with van der Waals surface area (Å²) in [6, 6.07) is 11.0. The molecule has 2 aromatic carbocycles. The van der Waals surface area contributed by atoms with Crippen molar-refractivity contribution in [2.75, 3.05) is 38.3 Å². The van der Waals surface area contributed by atoms with Gasteiger partial charge in [0.05, 0.1) is 29.9 Å². The molecule has 2 aromatic rings. The third kappa shape index (κ3) is 5.49. The summed E-state index contributed by atoms with van der Waals surface area (Å²) >= 11 is 6.38. The molecule has 1 amide bonds. The first-order valence-corrected chi connectivity index (χ1v) is 16.2. The first-order chi connectivity index (χ1) is 19.7. The van der Waals surface area contributed by atoms with E-state index in [1.807, 2.05) is 18.2 Å². The first-order valence-electron chi connectivity index (χ1n) is 14.4. The van der Waals surface area contributed by atoms with Crippen LogP contribution in [0.1, 0.15) is 43.7 Å². The average Bonchev–Trinajstić information content (AvgIpc) is 3.08. The van der Waals surface area contributed by atoms with Crippen LogP contribution in [0.25, 0.3) is 0 Å². The molecule has 5 atom stereocenters. The second kappa shape index (κ2) is 11.2. The van der Waals surface area contributed by atoms with E-state index >= 15 is 0 Å². The van der Waals surface area contributed by atoms with E-state index in [1.54, 1.807) is 26.2 Å². The molecule has 1 fully saturated rings. The predicted octanol–water partition coefficient (Wildman–Crippen LogP) is 4.63. The van der Waals surface area contributed by atoms with Crippen LogP contribution in [-0.2, 0) is 36.1 Å². The fourth-order valence-electron chi connectivity index (χ4n) is 6.93. The number of nitrogens with zero attached hydrogens (tertiary/aromatic N) is 1. The molecule has 6 rings (SSSR count). The lowest BCUT2D eigenvalue weighted by atomic mass is 9.68. The van der Waals surface area contributed by atoms with Crippen LogP contribution in [0.4, 0.5) is 5.69 Å². The van der Waals surface area contributed by atoms with Crippen LogP contribution < -0.4 is 14.4 Å². The molecule has 8 nitrogen and oxygen atoms in total. The summed E-state index contributed by atoms with van der Waals surface area (Å²) in [5.74, 6) is 0.601. The molecule has 2 bridgehead atoms. The number of ether oxygens (including phenoxy) is 3. The van der Waals surface area contributed by atoms with Gasteiger partial charge in [0.25, 0.3) is 15.9 Å². The molecule has 220 valence electrons. The third-order valence-electron chi connectivity index (χ3n) is 9.32. The highest BCUT2D eigenvalue weighted by atomic mass is 35.5. The Kier molecular flexibility index (Phi) is 7.82. The lowest BCUT2D eigenvalue weighted by Gasteiger charge is -2.46. The first kappa shape index (κ1) is 28.5. The van der Waals surface area contributed by atoms with Gasteiger partial charge in [-0.25, -0.2) is 13.1 Å². The van der Waals surface area contributed by atoms with Gasteiger partial charge in [-0.1, -0.05) is 29.8 Å². The maximum absolute atomic E-state index is 13.3. The lowest BCUT2D eigenvalue weighted by Crippen LogP contribution is -2.49. The normalized spacial score (nSPS) is 31.2. The highest BCUT2D eigenvalue weighted by molar-refractivity contribution is 7.90. The smallest absolute Gasteiger partial charge is 0.264 e. The number of methoxy groups -OCH3 is 1. The predicted molar refractivity (Wildman–Crippen MR) is 157 cm³/mol. The quantitative estimate of drug-likeness (QED) is 0.477. The number of aryl methyl sites for hydroxylation is 1. The summed E-state index contributed by atoms with van der Waals surface area (Å²) in [7, 11) is -2.40. The van der Waals surface area contributed by atoms with E-state index in [9.17, 15) is 13.2 Å². The molecule has 0 aromatic heterocycles. The van der Waals surface area contributed by atoms with Crippen molar-refractivity contribution in [2.24, 2.45) is 11.8 Å². The van der Waals surface area contributed by atoms with Crippen molar-refractivity contribution in [3.63, 3.8) is 0 Å². The number of anilines is 1. The number of sulfonamides is 1. The zero-order chi connectivity index (χ0) is 28.8. The summed E-state index contributed by atoms with van der Waals surface area (Å²) in [6.45, 7) is 3.63. The van der Waals surface area contributed by atoms with Crippen LogP contribution in [0.5, 0.6) is 5.75 Å². The third-order valence-corrected chi connectivity index (χ3v) is 10.9. The Labute approximate surface area is 247 Å². The number of fused-ring (bicyclic) bond motifs is 4. The van der Waals surface area contributed by atoms with Crippen LogP contribution in [0, 0.1) is 11.8 Å². The van der Waals surface area contributed by atoms with Gasteiger partial charge in [-0.15, -0.1) is 0 Å². The Bertz CT molecular complexity index is 1460. The van der Waals surface area contributed by atoms with Crippen LogP contribution in [0.3, 0.4) is 0 Å². The minimum absolute atomic E-state index is 0.0177. The Hall–Kier alpha value is -2.59. The van der Waals surface area contributed by atoms with Gasteiger partial charge in [-0.3, -0.25) is 4.79 Å². The van der Waals surface area contributed by atoms with E-state index in [4.69, 9.17) is 25.8 Å². The maximum Gasteiger partial charge on any atom is 0.264 e. The number of amides is 1. The molecule has 2 aliphatic carbocycles. The summed E-state index contributed by atoms with van der Waals surface area (Å²) in [6.07, 6.45) is 7.91. The number of rotatable bonds is 1. The van der Waals surface area contributed by atoms with Crippen molar-refractivity contribution in [3.05, 3.63) is 64.7 Å². The number of hydrogen-bond donors (Lipinski definition) is 1. The Morgan fingerprint density at radius 3 is 2.80 bits per heavy atom. The van der Waals surface area contributed by atoms with Crippen LogP contribution >= 0.6 is 11.6 Å². The van der Waals surface area contributed by atoms with Gasteiger partial charge in [-0.2, -0.15) is 0 Å². The van der Waals surface area contributed by atoms with Crippen molar-refractivity contribution in [2.45, 2.75) is 61.5 Å². The highest BCUT2D eigenvalue weighted by Gasteiger charge is 2.44. The minimum atomic E-state index is -4.13. The minimum Gasteiger partial charge on any atom is -0.490 e. The van der Waals surface area contributed by atoms with Crippen molar-refractivity contribution in [3.8, 4) is 5.75 Å². The fraction of sp³-hybridized carbons (Fsp3) is 0.516. The SMILES string of the molecule is CO[C@@H]1C=CCO[C@@H](C)C(=O)NS(=O)(=O)c2ccc3c(c2)N(C[C@@H]2CC[C@H]21)C[C@@]1(CCCc2cc(Cl)ccc21)CO3. The number of hydrogen-bond acceptors (Lipinski definition) is 7. The molecule has 0 radical (unpaired) electrons. The number of halogens is 1. The molecule has 4 aliphatic rings. The molecule has 1 spiro atoms. The number of carbonyl (C=O) groups excluding carboxylic acids is 1. The summed E-state index contributed by atoms with van der Waals surface area (Å²) in [5, 5.41) is 0.733. The molecular weight excluding hydrogens is 564 g/mol. The Balaban J connectivity index is 1.44. The Morgan fingerprint density at radius 1 is 1.17 bits per heavy atom. The van der Waals surface area contributed by atoms with E-state index in [0.29, 0.717) is 30.7 Å². The van der Waals surface area contributed by atoms with E-state index in [-0.39, 0.29) is 23.0 Å². The number of carbonyl (C=O) groups is 1. The number of benzene rings is 2. The zero-order valence-electron chi connectivity index (χ0n) is 23.5. The molecule has 2 aliphatic heterocycles. The van der Waals surface area contributed by atoms with Crippen LogP contribution in [-0.4, -0.2) is 59.9 Å². The van der Waals surface area contributed by atoms with E-state index in [0.717, 1.165) is 49.4 Å². The average molecular weight is 601 g/mol. The van der Waals surface area contributed by atoms with E-state index in [1.165, 1.54) is 17.2 Å². The van der Waals surface area contributed by atoms with Crippen LogP contribution in [0.2, 0.25) is 5.02 Å². The second-order valence-corrected chi connectivity index (χ2v) is 13.9. The molecule has 2 heterocycles. The van der Waals surface area contributed by atoms with Crippen molar-refractivity contribution in [1.82, 2.24) is 4.72 Å². The van der Waals surface area contributed by atoms with Crippen molar-refractivity contribution in [1.29, 1.82) is 0 Å². The van der Waals surface area contributed by atoms with Crippen LogP contribution in [0.15, 0.2) is 53.4 Å². The molecule has 10 heteroatoms. The van der Waals surface area contributed by atoms with Gasteiger partial charge >= 0.3 is 0 Å². The van der Waals surface area contributed by atoms with Gasteiger partial charge in [0.1, 0.15) is 11.9 Å². The summed E-state index contributed by atoms with van der Waals surface area (Å²) in [5.41, 5.74) is 2.97. The topological polar surface area (TPSA) is 94.2 Å². The highest BCUT2D eigenvalue weighted by Crippen LogP contribution is 2.47. The zero-order valence-corrected chi connectivity index (χ0v) is 25.0. The second-order valence-electron chi connectivity index (χ2n) is 11.8. The van der Waals surface area contributed by atoms with Crippen molar-refractivity contribution >= 4 is 33.2 Å². The summed E-state index contributed by atoms with van der Waals surface area (Å²) < 4.78 is 46.9. The fourth-order valence-corrected chi connectivity index (χ4v) is 8.19. The molecular formula is C31H37ClN2O6S. The largest absolute Gasteiger partial charge is 0.490 e. The summed E-state index contributed by atoms with van der Waals surface area (Å²) in [4.78, 5) is 15.1. The Morgan fingerprint density at radius 2 is 2.02 bits per heavy atom. The lowest BCUT2D eigenvalue weighted by molar-refractivity contribution is -0.129. The molecule has 1 N–H and O–H groups in total.